The quantitative estimate of drug-likeness (QED) is 0.785. The van der Waals surface area contributed by atoms with Gasteiger partial charge < -0.3 is 9.80 Å². The molecule has 0 aromatic heterocycles. The molecule has 0 bridgehead atoms. The summed E-state index contributed by atoms with van der Waals surface area (Å²) in [5, 5.41) is 0.542. The van der Waals surface area contributed by atoms with Crippen LogP contribution in [0.3, 0.4) is 0 Å². The number of hydrogen-bond acceptors (Lipinski definition) is 4. The fourth-order valence-corrected chi connectivity index (χ4v) is 3.22. The van der Waals surface area contributed by atoms with Gasteiger partial charge in [-0.25, -0.2) is 8.42 Å². The summed E-state index contributed by atoms with van der Waals surface area (Å²) in [4.78, 5) is 27.5. The molecule has 6 nitrogen and oxygen atoms in total. The summed E-state index contributed by atoms with van der Waals surface area (Å²) in [6.07, 6.45) is 1.11. The van der Waals surface area contributed by atoms with Gasteiger partial charge in [-0.1, -0.05) is 29.8 Å². The Labute approximate surface area is 140 Å². The van der Waals surface area contributed by atoms with Crippen LogP contribution in [0.15, 0.2) is 24.3 Å². The van der Waals surface area contributed by atoms with E-state index in [0.29, 0.717) is 5.02 Å². The van der Waals surface area contributed by atoms with E-state index in [1.165, 1.54) is 9.80 Å². The lowest BCUT2D eigenvalue weighted by atomic mass is 10.1. The Morgan fingerprint density at radius 1 is 1.26 bits per heavy atom. The monoisotopic (exact) mass is 358 g/mol. The second kappa shape index (κ2) is 6.88. The molecule has 0 spiro atoms. The molecule has 1 aromatic rings. The minimum Gasteiger partial charge on any atom is -0.328 e. The third kappa shape index (κ3) is 4.45. The van der Waals surface area contributed by atoms with Crippen LogP contribution < -0.4 is 0 Å². The van der Waals surface area contributed by atoms with Gasteiger partial charge in [-0.15, -0.1) is 0 Å². The lowest BCUT2D eigenvalue weighted by molar-refractivity contribution is -0.155. The number of rotatable bonds is 5. The smallest absolute Gasteiger partial charge is 0.245 e. The summed E-state index contributed by atoms with van der Waals surface area (Å²) in [6, 6.07) is 6.47. The molecule has 1 saturated heterocycles. The van der Waals surface area contributed by atoms with Crippen molar-refractivity contribution in [3.8, 4) is 0 Å². The highest BCUT2D eigenvalue weighted by Crippen LogP contribution is 2.20. The molecule has 8 heteroatoms. The van der Waals surface area contributed by atoms with E-state index in [1.807, 2.05) is 6.07 Å². The van der Waals surface area contributed by atoms with Gasteiger partial charge >= 0.3 is 0 Å². The first-order valence-corrected chi connectivity index (χ1v) is 9.62. The lowest BCUT2D eigenvalue weighted by Gasteiger charge is -2.38. The van der Waals surface area contributed by atoms with E-state index in [-0.39, 0.29) is 37.2 Å². The van der Waals surface area contributed by atoms with Gasteiger partial charge in [0.15, 0.2) is 0 Å². The van der Waals surface area contributed by atoms with Gasteiger partial charge in [0, 0.05) is 24.4 Å². The number of nitrogens with zero attached hydrogens (tertiary/aromatic N) is 2. The Bertz CT molecular complexity index is 720. The highest BCUT2D eigenvalue weighted by Gasteiger charge is 2.36. The van der Waals surface area contributed by atoms with E-state index < -0.39 is 15.9 Å². The first-order valence-electron chi connectivity index (χ1n) is 7.18. The molecule has 0 aliphatic carbocycles. The number of sulfone groups is 1. The van der Waals surface area contributed by atoms with Crippen molar-refractivity contribution in [3.63, 3.8) is 0 Å². The van der Waals surface area contributed by atoms with E-state index in [1.54, 1.807) is 25.1 Å². The van der Waals surface area contributed by atoms with Crippen molar-refractivity contribution in [2.45, 2.75) is 19.5 Å². The van der Waals surface area contributed by atoms with Gasteiger partial charge in [-0.2, -0.15) is 0 Å². The van der Waals surface area contributed by atoms with Crippen LogP contribution in [0.4, 0.5) is 0 Å². The van der Waals surface area contributed by atoms with Gasteiger partial charge in [0.1, 0.15) is 22.4 Å². The van der Waals surface area contributed by atoms with Crippen LogP contribution in [-0.2, 0) is 26.0 Å². The Kier molecular flexibility index (Phi) is 5.31. The van der Waals surface area contributed by atoms with Crippen LogP contribution in [-0.4, -0.2) is 61.2 Å². The van der Waals surface area contributed by atoms with Gasteiger partial charge in [0.05, 0.1) is 5.75 Å². The lowest BCUT2D eigenvalue weighted by Crippen LogP contribution is -2.59. The van der Waals surface area contributed by atoms with Gasteiger partial charge in [-0.05, 0) is 18.6 Å². The van der Waals surface area contributed by atoms with Gasteiger partial charge in [-0.3, -0.25) is 9.59 Å². The molecule has 2 rings (SSSR count). The van der Waals surface area contributed by atoms with Crippen LogP contribution in [0.1, 0.15) is 12.5 Å². The predicted octanol–water partition coefficient (Wildman–Crippen LogP) is 0.944. The zero-order valence-corrected chi connectivity index (χ0v) is 14.6. The molecule has 1 heterocycles. The zero-order chi connectivity index (χ0) is 17.2. The van der Waals surface area contributed by atoms with Gasteiger partial charge in [0.25, 0.3) is 0 Å². The zero-order valence-electron chi connectivity index (χ0n) is 13.0. The van der Waals surface area contributed by atoms with E-state index in [2.05, 4.69) is 0 Å². The minimum atomic E-state index is -3.19. The Morgan fingerprint density at radius 3 is 2.52 bits per heavy atom. The van der Waals surface area contributed by atoms with Crippen LogP contribution in [0.25, 0.3) is 0 Å². The molecule has 126 valence electrons. The summed E-state index contributed by atoms with van der Waals surface area (Å²) in [6.45, 7) is 1.83. The molecule has 23 heavy (non-hydrogen) atoms. The maximum Gasteiger partial charge on any atom is 0.245 e. The molecule has 1 fully saturated rings. The second-order valence-electron chi connectivity index (χ2n) is 5.68. The van der Waals surface area contributed by atoms with Crippen molar-refractivity contribution in [1.82, 2.24) is 9.80 Å². The standard InChI is InChI=1S/C15H19ClN2O4S/c1-11-15(20)17(9-12-5-3-4-6-13(12)16)10-14(19)18(11)7-8-23(2,21)22/h3-6,11H,7-10H2,1-2H3/t11-/m0/s1. The van der Waals surface area contributed by atoms with Crippen LogP contribution in [0.5, 0.6) is 0 Å². The fraction of sp³-hybridized carbons (Fsp3) is 0.467. The molecular weight excluding hydrogens is 340 g/mol. The highest BCUT2D eigenvalue weighted by molar-refractivity contribution is 7.90. The first-order chi connectivity index (χ1) is 10.7. The first kappa shape index (κ1) is 17.7. The number of piperazine rings is 1. The Hall–Kier alpha value is -1.60. The average molecular weight is 359 g/mol. The molecule has 0 radical (unpaired) electrons. The second-order valence-corrected chi connectivity index (χ2v) is 8.35. The Morgan fingerprint density at radius 2 is 1.91 bits per heavy atom. The molecule has 1 aliphatic rings. The summed E-state index contributed by atoms with van der Waals surface area (Å²) in [5.41, 5.74) is 0.770. The molecule has 0 unspecified atom stereocenters. The third-order valence-corrected chi connectivity index (χ3v) is 5.10. The van der Waals surface area contributed by atoms with Crippen molar-refractivity contribution < 1.29 is 18.0 Å². The predicted molar refractivity (Wildman–Crippen MR) is 87.8 cm³/mol. The maximum atomic E-state index is 12.5. The number of hydrogen-bond donors (Lipinski definition) is 0. The summed E-state index contributed by atoms with van der Waals surface area (Å²) in [5.74, 6) is -0.619. The van der Waals surface area contributed by atoms with Crippen molar-refractivity contribution in [2.75, 3.05) is 25.1 Å². The van der Waals surface area contributed by atoms with Crippen LogP contribution in [0, 0.1) is 0 Å². The number of halogens is 1. The number of amides is 2. The number of carbonyl (C=O) groups is 2. The topological polar surface area (TPSA) is 74.8 Å². The summed E-state index contributed by atoms with van der Waals surface area (Å²) in [7, 11) is -3.19. The molecule has 0 saturated carbocycles. The van der Waals surface area contributed by atoms with Crippen molar-refractivity contribution in [1.29, 1.82) is 0 Å². The number of carbonyl (C=O) groups excluding carboxylic acids is 2. The van der Waals surface area contributed by atoms with E-state index in [9.17, 15) is 18.0 Å². The average Bonchev–Trinajstić information content (AvgIpc) is 2.45. The van der Waals surface area contributed by atoms with Crippen molar-refractivity contribution in [2.24, 2.45) is 0 Å². The van der Waals surface area contributed by atoms with Crippen LogP contribution >= 0.6 is 11.6 Å². The van der Waals surface area contributed by atoms with E-state index in [0.717, 1.165) is 11.8 Å². The molecule has 1 aliphatic heterocycles. The van der Waals surface area contributed by atoms with Crippen molar-refractivity contribution in [3.05, 3.63) is 34.9 Å². The highest BCUT2D eigenvalue weighted by atomic mass is 35.5. The minimum absolute atomic E-state index is 0.0322. The SMILES string of the molecule is C[C@H]1C(=O)N(Cc2ccccc2Cl)CC(=O)N1CCS(C)(=O)=O. The third-order valence-electron chi connectivity index (χ3n) is 3.81. The molecule has 0 N–H and O–H groups in total. The molecule has 2 amide bonds. The normalized spacial score (nSPS) is 19.3. The van der Waals surface area contributed by atoms with Crippen molar-refractivity contribution >= 4 is 33.3 Å². The number of benzene rings is 1. The van der Waals surface area contributed by atoms with Crippen LogP contribution in [0.2, 0.25) is 5.02 Å². The molecular formula is C15H19ClN2O4S. The fourth-order valence-electron chi connectivity index (χ4n) is 2.49. The maximum absolute atomic E-state index is 12.5. The van der Waals surface area contributed by atoms with E-state index >= 15 is 0 Å². The molecule has 1 aromatic carbocycles. The van der Waals surface area contributed by atoms with Gasteiger partial charge in [0.2, 0.25) is 11.8 Å². The summed E-state index contributed by atoms with van der Waals surface area (Å²) >= 11 is 6.09. The Balaban J connectivity index is 2.09. The summed E-state index contributed by atoms with van der Waals surface area (Å²) < 4.78 is 22.5. The largest absolute Gasteiger partial charge is 0.328 e. The van der Waals surface area contributed by atoms with E-state index in [4.69, 9.17) is 11.6 Å². The molecule has 1 atom stereocenters.